The van der Waals surface area contributed by atoms with Gasteiger partial charge in [-0.1, -0.05) is 6.07 Å². The number of carbonyl (C=O) groups is 1. The summed E-state index contributed by atoms with van der Waals surface area (Å²) in [6.45, 7) is 3.93. The summed E-state index contributed by atoms with van der Waals surface area (Å²) in [4.78, 5) is 14.2. The Balaban J connectivity index is 1.99. The average molecular weight is 388 g/mol. The Morgan fingerprint density at radius 3 is 2.63 bits per heavy atom. The lowest BCUT2D eigenvalue weighted by atomic mass is 10.1. The number of hydrogen-bond acceptors (Lipinski definition) is 2. The van der Waals surface area contributed by atoms with E-state index in [4.69, 9.17) is 12.2 Å². The number of aryl methyl sites for hydroxylation is 1. The fraction of sp³-hybridized carbons (Fsp3) is 0.429. The summed E-state index contributed by atoms with van der Waals surface area (Å²) in [6, 6.07) is 5.69. The van der Waals surface area contributed by atoms with Gasteiger partial charge in [0.2, 0.25) is 0 Å². The molecule has 1 aliphatic heterocycles. The highest BCUT2D eigenvalue weighted by Gasteiger charge is 2.16. The van der Waals surface area contributed by atoms with Crippen molar-refractivity contribution in [2.24, 2.45) is 0 Å². The second-order valence-corrected chi connectivity index (χ2v) is 6.32. The number of carbonyl (C=O) groups excluding carboxylic acids is 1. The van der Waals surface area contributed by atoms with Crippen LogP contribution in [0.5, 0.6) is 0 Å². The molecule has 1 aromatic rings. The van der Waals surface area contributed by atoms with Crippen molar-refractivity contribution in [1.29, 1.82) is 0 Å². The second kappa shape index (κ2) is 6.65. The zero-order valence-electron chi connectivity index (χ0n) is 10.9. The Kier molecular flexibility index (Phi) is 5.15. The quantitative estimate of drug-likeness (QED) is 0.593. The Hall–Kier alpha value is -0.690. The number of nitrogens with one attached hydrogen (secondary N) is 1. The minimum Gasteiger partial charge on any atom is -0.349 e. The standard InChI is InChI=1S/C14H17IN2OS/c1-10-5-6-11(9-12(10)15)13(18)16-14(19)17-7-3-2-4-8-17/h5-6,9H,2-4,7-8H2,1H3,(H,16,18,19). The van der Waals surface area contributed by atoms with E-state index in [0.717, 1.165) is 29.5 Å². The molecule has 1 saturated heterocycles. The Labute approximate surface area is 132 Å². The summed E-state index contributed by atoms with van der Waals surface area (Å²) in [6.07, 6.45) is 3.56. The van der Waals surface area contributed by atoms with E-state index in [2.05, 4.69) is 32.8 Å². The minimum absolute atomic E-state index is 0.117. The van der Waals surface area contributed by atoms with Gasteiger partial charge in [0.1, 0.15) is 0 Å². The molecule has 5 heteroatoms. The summed E-state index contributed by atoms with van der Waals surface area (Å²) in [7, 11) is 0. The van der Waals surface area contributed by atoms with Crippen molar-refractivity contribution in [3.05, 3.63) is 32.9 Å². The summed E-state index contributed by atoms with van der Waals surface area (Å²) in [5, 5.41) is 3.38. The highest BCUT2D eigenvalue weighted by atomic mass is 127. The van der Waals surface area contributed by atoms with Crippen molar-refractivity contribution in [3.8, 4) is 0 Å². The van der Waals surface area contributed by atoms with Gasteiger partial charge in [-0.2, -0.15) is 0 Å². The lowest BCUT2D eigenvalue weighted by Crippen LogP contribution is -2.44. The zero-order chi connectivity index (χ0) is 13.8. The molecule has 1 aromatic carbocycles. The van der Waals surface area contributed by atoms with Gasteiger partial charge in [0.15, 0.2) is 5.11 Å². The molecule has 2 rings (SSSR count). The number of halogens is 1. The maximum absolute atomic E-state index is 12.1. The van der Waals surface area contributed by atoms with Gasteiger partial charge in [0.05, 0.1) is 0 Å². The number of likely N-dealkylation sites (tertiary alicyclic amines) is 1. The monoisotopic (exact) mass is 388 g/mol. The van der Waals surface area contributed by atoms with Crippen molar-refractivity contribution in [2.75, 3.05) is 13.1 Å². The number of hydrogen-bond donors (Lipinski definition) is 1. The van der Waals surface area contributed by atoms with E-state index in [1.54, 1.807) is 0 Å². The van der Waals surface area contributed by atoms with Crippen molar-refractivity contribution >= 4 is 45.8 Å². The van der Waals surface area contributed by atoms with Crippen molar-refractivity contribution in [1.82, 2.24) is 10.2 Å². The molecule has 1 heterocycles. The fourth-order valence-corrected chi connectivity index (χ4v) is 2.87. The van der Waals surface area contributed by atoms with E-state index < -0.39 is 0 Å². The molecule has 0 aliphatic carbocycles. The third kappa shape index (κ3) is 3.89. The van der Waals surface area contributed by atoms with Gasteiger partial charge in [-0.25, -0.2) is 0 Å². The van der Waals surface area contributed by atoms with Crippen LogP contribution in [0.25, 0.3) is 0 Å². The summed E-state index contributed by atoms with van der Waals surface area (Å²) < 4.78 is 1.09. The third-order valence-corrected chi connectivity index (χ3v) is 4.82. The van der Waals surface area contributed by atoms with E-state index in [0.29, 0.717) is 10.7 Å². The first-order valence-corrected chi connectivity index (χ1v) is 7.93. The molecule has 1 N–H and O–H groups in total. The van der Waals surface area contributed by atoms with Gasteiger partial charge in [-0.05, 0) is 78.7 Å². The van der Waals surface area contributed by atoms with Gasteiger partial charge in [-0.3, -0.25) is 10.1 Å². The van der Waals surface area contributed by atoms with Crippen LogP contribution in [0.15, 0.2) is 18.2 Å². The van der Waals surface area contributed by atoms with E-state index in [1.807, 2.05) is 25.1 Å². The molecule has 0 spiro atoms. The topological polar surface area (TPSA) is 32.3 Å². The predicted molar refractivity (Wildman–Crippen MR) is 89.4 cm³/mol. The van der Waals surface area contributed by atoms with Gasteiger partial charge in [-0.15, -0.1) is 0 Å². The van der Waals surface area contributed by atoms with Crippen LogP contribution in [0.3, 0.4) is 0 Å². The fourth-order valence-electron chi connectivity index (χ4n) is 2.08. The molecule has 1 amide bonds. The SMILES string of the molecule is Cc1ccc(C(=O)NC(=S)N2CCCCC2)cc1I. The van der Waals surface area contributed by atoms with Crippen LogP contribution in [-0.2, 0) is 0 Å². The molecular formula is C14H17IN2OS. The number of amides is 1. The molecule has 102 valence electrons. The molecule has 0 aromatic heterocycles. The summed E-state index contributed by atoms with van der Waals surface area (Å²) >= 11 is 7.54. The number of piperidine rings is 1. The number of benzene rings is 1. The molecule has 0 atom stereocenters. The summed E-state index contributed by atoms with van der Waals surface area (Å²) in [5.41, 5.74) is 1.84. The smallest absolute Gasteiger partial charge is 0.257 e. The first-order chi connectivity index (χ1) is 9.08. The molecule has 0 bridgehead atoms. The van der Waals surface area contributed by atoms with Crippen LogP contribution >= 0.6 is 34.8 Å². The maximum Gasteiger partial charge on any atom is 0.257 e. The van der Waals surface area contributed by atoms with Crippen LogP contribution < -0.4 is 5.32 Å². The van der Waals surface area contributed by atoms with Gasteiger partial charge < -0.3 is 4.90 Å². The number of thiocarbonyl (C=S) groups is 1. The van der Waals surface area contributed by atoms with Crippen LogP contribution in [0, 0.1) is 10.5 Å². The van der Waals surface area contributed by atoms with Gasteiger partial charge in [0.25, 0.3) is 5.91 Å². The van der Waals surface area contributed by atoms with E-state index in [9.17, 15) is 4.79 Å². The van der Waals surface area contributed by atoms with E-state index >= 15 is 0 Å². The first kappa shape index (κ1) is 14.7. The Morgan fingerprint density at radius 2 is 2.00 bits per heavy atom. The minimum atomic E-state index is -0.117. The molecule has 19 heavy (non-hydrogen) atoms. The molecule has 0 saturated carbocycles. The van der Waals surface area contributed by atoms with Crippen LogP contribution in [0.1, 0.15) is 35.2 Å². The molecule has 3 nitrogen and oxygen atoms in total. The van der Waals surface area contributed by atoms with Crippen molar-refractivity contribution < 1.29 is 4.79 Å². The van der Waals surface area contributed by atoms with Crippen LogP contribution in [0.4, 0.5) is 0 Å². The number of rotatable bonds is 1. The van der Waals surface area contributed by atoms with E-state index in [1.165, 1.54) is 12.0 Å². The third-order valence-electron chi connectivity index (χ3n) is 3.30. The Bertz CT molecular complexity index is 498. The highest BCUT2D eigenvalue weighted by Crippen LogP contribution is 2.14. The van der Waals surface area contributed by atoms with Gasteiger partial charge >= 0.3 is 0 Å². The normalized spacial score (nSPS) is 15.2. The first-order valence-electron chi connectivity index (χ1n) is 6.44. The second-order valence-electron chi connectivity index (χ2n) is 4.77. The highest BCUT2D eigenvalue weighted by molar-refractivity contribution is 14.1. The maximum atomic E-state index is 12.1. The summed E-state index contributed by atoms with van der Waals surface area (Å²) in [5.74, 6) is -0.117. The molecule has 1 aliphatic rings. The molecular weight excluding hydrogens is 371 g/mol. The van der Waals surface area contributed by atoms with Crippen LogP contribution in [-0.4, -0.2) is 29.0 Å². The van der Waals surface area contributed by atoms with E-state index in [-0.39, 0.29) is 5.91 Å². The average Bonchev–Trinajstić information content (AvgIpc) is 2.42. The number of nitrogens with zero attached hydrogens (tertiary/aromatic N) is 1. The predicted octanol–water partition coefficient (Wildman–Crippen LogP) is 3.10. The van der Waals surface area contributed by atoms with Crippen molar-refractivity contribution in [3.63, 3.8) is 0 Å². The molecule has 0 unspecified atom stereocenters. The zero-order valence-corrected chi connectivity index (χ0v) is 13.9. The Morgan fingerprint density at radius 1 is 1.32 bits per heavy atom. The lowest BCUT2D eigenvalue weighted by molar-refractivity contribution is 0.0972. The van der Waals surface area contributed by atoms with Crippen molar-refractivity contribution in [2.45, 2.75) is 26.2 Å². The molecule has 1 fully saturated rings. The van der Waals surface area contributed by atoms with Gasteiger partial charge in [0, 0.05) is 22.2 Å². The van der Waals surface area contributed by atoms with Crippen LogP contribution in [0.2, 0.25) is 0 Å². The molecule has 0 radical (unpaired) electrons. The lowest BCUT2D eigenvalue weighted by Gasteiger charge is -2.28. The largest absolute Gasteiger partial charge is 0.349 e.